The van der Waals surface area contributed by atoms with Gasteiger partial charge in [0.15, 0.2) is 11.5 Å². The summed E-state index contributed by atoms with van der Waals surface area (Å²) in [5.74, 6) is 2.97. The van der Waals surface area contributed by atoms with Gasteiger partial charge in [-0.05, 0) is 24.6 Å². The Morgan fingerprint density at radius 2 is 2.26 bits per heavy atom. The molecule has 1 N–H and O–H groups in total. The number of aliphatic carboxylic acids is 1. The summed E-state index contributed by atoms with van der Waals surface area (Å²) in [5, 5.41) is 8.91. The van der Waals surface area contributed by atoms with Gasteiger partial charge in [-0.15, -0.1) is 6.42 Å². The van der Waals surface area contributed by atoms with Crippen LogP contribution in [0.5, 0.6) is 11.5 Å². The molecule has 0 radical (unpaired) electrons. The minimum Gasteiger partial charge on any atom is -0.480 e. The molecule has 19 heavy (non-hydrogen) atoms. The van der Waals surface area contributed by atoms with Gasteiger partial charge < -0.3 is 14.6 Å². The summed E-state index contributed by atoms with van der Waals surface area (Å²) in [6, 6.07) is 5.46. The molecule has 0 bridgehead atoms. The van der Waals surface area contributed by atoms with E-state index in [1.165, 1.54) is 0 Å². The molecule has 1 unspecified atom stereocenters. The van der Waals surface area contributed by atoms with E-state index in [1.54, 1.807) is 4.90 Å². The third-order valence-corrected chi connectivity index (χ3v) is 3.06. The third-order valence-electron chi connectivity index (χ3n) is 3.06. The average Bonchev–Trinajstić information content (AvgIpc) is 2.84. The lowest BCUT2D eigenvalue weighted by Crippen LogP contribution is -2.32. The summed E-state index contributed by atoms with van der Waals surface area (Å²) in [5.41, 5.74) is 0.945. The van der Waals surface area contributed by atoms with Crippen molar-refractivity contribution in [2.45, 2.75) is 13.0 Å². The Hall–Kier alpha value is -2.19. The first kappa shape index (κ1) is 13.2. The minimum absolute atomic E-state index is 0.0974. The van der Waals surface area contributed by atoms with E-state index in [2.05, 4.69) is 5.92 Å². The number of hydrogen-bond donors (Lipinski definition) is 1. The number of nitrogens with zero attached hydrogens (tertiary/aromatic N) is 1. The van der Waals surface area contributed by atoms with E-state index in [0.717, 1.165) is 5.56 Å². The Kier molecular flexibility index (Phi) is 3.93. The average molecular weight is 261 g/mol. The van der Waals surface area contributed by atoms with Crippen LogP contribution in [-0.2, 0) is 4.79 Å². The molecule has 0 aromatic heterocycles. The maximum atomic E-state index is 10.9. The van der Waals surface area contributed by atoms with Gasteiger partial charge in [0.2, 0.25) is 6.79 Å². The lowest BCUT2D eigenvalue weighted by molar-refractivity contribution is -0.138. The van der Waals surface area contributed by atoms with Crippen molar-refractivity contribution in [3.63, 3.8) is 0 Å². The Bertz CT molecular complexity index is 521. The Morgan fingerprint density at radius 1 is 1.53 bits per heavy atom. The highest BCUT2D eigenvalue weighted by atomic mass is 16.7. The van der Waals surface area contributed by atoms with Crippen LogP contribution in [0.15, 0.2) is 18.2 Å². The molecule has 100 valence electrons. The molecule has 0 fully saturated rings. The van der Waals surface area contributed by atoms with E-state index in [4.69, 9.17) is 21.0 Å². The van der Waals surface area contributed by atoms with Crippen LogP contribution >= 0.6 is 0 Å². The van der Waals surface area contributed by atoms with Crippen LogP contribution < -0.4 is 9.47 Å². The van der Waals surface area contributed by atoms with Gasteiger partial charge in [0.25, 0.3) is 0 Å². The summed E-state index contributed by atoms with van der Waals surface area (Å²) in [6.45, 7) is 2.32. The van der Waals surface area contributed by atoms with Crippen LogP contribution in [0.25, 0.3) is 0 Å². The van der Waals surface area contributed by atoms with Crippen molar-refractivity contribution < 1.29 is 19.4 Å². The summed E-state index contributed by atoms with van der Waals surface area (Å²) >= 11 is 0. The number of ether oxygens (including phenoxy) is 2. The molecule has 0 spiro atoms. The second-order valence-electron chi connectivity index (χ2n) is 4.29. The van der Waals surface area contributed by atoms with E-state index in [0.29, 0.717) is 11.5 Å². The maximum absolute atomic E-state index is 10.9. The van der Waals surface area contributed by atoms with Gasteiger partial charge in [-0.1, -0.05) is 12.0 Å². The van der Waals surface area contributed by atoms with Crippen molar-refractivity contribution in [1.29, 1.82) is 0 Å². The normalized spacial score (nSPS) is 14.2. The predicted molar refractivity (Wildman–Crippen MR) is 69.0 cm³/mol. The number of hydrogen-bond acceptors (Lipinski definition) is 4. The van der Waals surface area contributed by atoms with Crippen molar-refractivity contribution in [1.82, 2.24) is 4.90 Å². The van der Waals surface area contributed by atoms with Crippen LogP contribution in [0, 0.1) is 12.3 Å². The number of carboxylic acids is 1. The van der Waals surface area contributed by atoms with Gasteiger partial charge in [0.05, 0.1) is 13.1 Å². The maximum Gasteiger partial charge on any atom is 0.317 e. The summed E-state index contributed by atoms with van der Waals surface area (Å²) < 4.78 is 10.6. The SMILES string of the molecule is C#CCN(CC(=O)O)C(C)c1ccc2c(c1)OCO2. The Labute approximate surface area is 111 Å². The first-order chi connectivity index (χ1) is 9.11. The molecule has 1 aliphatic heterocycles. The molecule has 0 saturated heterocycles. The highest BCUT2D eigenvalue weighted by molar-refractivity contribution is 5.69. The van der Waals surface area contributed by atoms with Crippen LogP contribution in [0.3, 0.4) is 0 Å². The van der Waals surface area contributed by atoms with Gasteiger partial charge in [-0.3, -0.25) is 9.69 Å². The number of benzene rings is 1. The van der Waals surface area contributed by atoms with E-state index >= 15 is 0 Å². The van der Waals surface area contributed by atoms with Gasteiger partial charge in [-0.25, -0.2) is 0 Å². The molecule has 1 atom stereocenters. The lowest BCUT2D eigenvalue weighted by atomic mass is 10.1. The number of carboxylic acid groups (broad SMARTS) is 1. The van der Waals surface area contributed by atoms with Crippen LogP contribution in [0.1, 0.15) is 18.5 Å². The van der Waals surface area contributed by atoms with Gasteiger partial charge in [-0.2, -0.15) is 0 Å². The van der Waals surface area contributed by atoms with E-state index in [-0.39, 0.29) is 25.9 Å². The van der Waals surface area contributed by atoms with Crippen molar-refractivity contribution in [2.75, 3.05) is 19.9 Å². The highest BCUT2D eigenvalue weighted by Gasteiger charge is 2.20. The zero-order valence-electron chi connectivity index (χ0n) is 10.6. The molecule has 0 amide bonds. The minimum atomic E-state index is -0.900. The quantitative estimate of drug-likeness (QED) is 0.814. The number of terminal acetylenes is 1. The molecular weight excluding hydrogens is 246 g/mol. The topological polar surface area (TPSA) is 59.0 Å². The molecular formula is C14H15NO4. The van der Waals surface area contributed by atoms with Crippen molar-refractivity contribution in [3.05, 3.63) is 23.8 Å². The second-order valence-corrected chi connectivity index (χ2v) is 4.29. The molecule has 1 heterocycles. The molecule has 5 nitrogen and oxygen atoms in total. The van der Waals surface area contributed by atoms with E-state index in [1.807, 2.05) is 25.1 Å². The van der Waals surface area contributed by atoms with Crippen LogP contribution in [0.4, 0.5) is 0 Å². The first-order valence-corrected chi connectivity index (χ1v) is 5.90. The fraction of sp³-hybridized carbons (Fsp3) is 0.357. The molecule has 1 aliphatic rings. The van der Waals surface area contributed by atoms with Crippen molar-refractivity contribution in [2.24, 2.45) is 0 Å². The summed E-state index contributed by atoms with van der Waals surface area (Å²) in [4.78, 5) is 12.6. The predicted octanol–water partition coefficient (Wildman–Crippen LogP) is 1.50. The van der Waals surface area contributed by atoms with E-state index < -0.39 is 5.97 Å². The molecule has 1 aromatic rings. The van der Waals surface area contributed by atoms with Crippen molar-refractivity contribution >= 4 is 5.97 Å². The van der Waals surface area contributed by atoms with Crippen molar-refractivity contribution in [3.8, 4) is 23.8 Å². The fourth-order valence-electron chi connectivity index (χ4n) is 2.00. The summed E-state index contributed by atoms with van der Waals surface area (Å²) in [7, 11) is 0. The molecule has 0 saturated carbocycles. The smallest absolute Gasteiger partial charge is 0.317 e. The monoisotopic (exact) mass is 261 g/mol. The van der Waals surface area contributed by atoms with Gasteiger partial charge in [0, 0.05) is 6.04 Å². The number of fused-ring (bicyclic) bond motifs is 1. The number of rotatable bonds is 5. The molecule has 2 rings (SSSR count). The Morgan fingerprint density at radius 3 is 2.95 bits per heavy atom. The van der Waals surface area contributed by atoms with Crippen LogP contribution in [-0.4, -0.2) is 35.9 Å². The van der Waals surface area contributed by atoms with Gasteiger partial charge >= 0.3 is 5.97 Å². The van der Waals surface area contributed by atoms with Gasteiger partial charge in [0.1, 0.15) is 0 Å². The fourth-order valence-corrected chi connectivity index (χ4v) is 2.00. The molecule has 0 aliphatic carbocycles. The molecule has 5 heteroatoms. The standard InChI is InChI=1S/C14H15NO4/c1-3-6-15(8-14(16)17)10(2)11-4-5-12-13(7-11)19-9-18-12/h1,4-5,7,10H,6,8-9H2,2H3,(H,16,17). The first-order valence-electron chi connectivity index (χ1n) is 5.90. The zero-order chi connectivity index (χ0) is 13.8. The lowest BCUT2D eigenvalue weighted by Gasteiger charge is -2.25. The van der Waals surface area contributed by atoms with Crippen LogP contribution in [0.2, 0.25) is 0 Å². The Balaban J connectivity index is 2.19. The third kappa shape index (κ3) is 2.98. The summed E-state index contributed by atoms with van der Waals surface area (Å²) in [6.07, 6.45) is 5.28. The largest absolute Gasteiger partial charge is 0.480 e. The second kappa shape index (κ2) is 5.63. The zero-order valence-corrected chi connectivity index (χ0v) is 10.6. The number of carbonyl (C=O) groups is 1. The van der Waals surface area contributed by atoms with E-state index in [9.17, 15) is 4.79 Å². The molecule has 1 aromatic carbocycles. The highest BCUT2D eigenvalue weighted by Crippen LogP contribution is 2.35.